The number of rotatable bonds is 6. The third-order valence-electron chi connectivity index (χ3n) is 4.99. The van der Waals surface area contributed by atoms with Crippen LogP contribution in [0, 0.1) is 24.5 Å². The lowest BCUT2D eigenvalue weighted by atomic mass is 10.1. The molecule has 0 bridgehead atoms. The SMILES string of the molecule is Cc1ccc(-n2cnn(CN(CC(C)C)C3CCS(=O)(=O)C3)c2=S)c(C)c1. The third-order valence-corrected chi connectivity index (χ3v) is 7.14. The van der Waals surface area contributed by atoms with Gasteiger partial charge in [0.2, 0.25) is 4.77 Å². The molecule has 6 nitrogen and oxygen atoms in total. The second-order valence-corrected chi connectivity index (χ2v) is 10.5. The van der Waals surface area contributed by atoms with Crippen LogP contribution in [0.4, 0.5) is 0 Å². The Labute approximate surface area is 166 Å². The first-order chi connectivity index (χ1) is 12.7. The Balaban J connectivity index is 1.87. The van der Waals surface area contributed by atoms with Crippen LogP contribution in [0.5, 0.6) is 0 Å². The molecule has 27 heavy (non-hydrogen) atoms. The van der Waals surface area contributed by atoms with E-state index in [4.69, 9.17) is 12.2 Å². The van der Waals surface area contributed by atoms with E-state index in [0.29, 0.717) is 23.8 Å². The van der Waals surface area contributed by atoms with Gasteiger partial charge in [-0.25, -0.2) is 13.1 Å². The lowest BCUT2D eigenvalue weighted by Crippen LogP contribution is -2.40. The standard InChI is InChI=1S/C19H28N4O2S2/c1-14(2)10-21(17-7-8-27(24,25)11-17)13-23-19(26)22(12-20-23)18-6-5-15(3)9-16(18)4/h5-6,9,12,14,17H,7-8,10-11,13H2,1-4H3. The molecule has 1 unspecified atom stereocenters. The van der Waals surface area contributed by atoms with Crippen LogP contribution in [0.25, 0.3) is 5.69 Å². The molecule has 0 radical (unpaired) electrons. The fourth-order valence-corrected chi connectivity index (χ4v) is 5.71. The summed E-state index contributed by atoms with van der Waals surface area (Å²) in [5, 5.41) is 4.49. The van der Waals surface area contributed by atoms with Gasteiger partial charge < -0.3 is 0 Å². The van der Waals surface area contributed by atoms with Gasteiger partial charge in [0.25, 0.3) is 0 Å². The summed E-state index contributed by atoms with van der Waals surface area (Å²) in [6, 6.07) is 6.28. The summed E-state index contributed by atoms with van der Waals surface area (Å²) >= 11 is 5.67. The van der Waals surface area contributed by atoms with Gasteiger partial charge in [-0.2, -0.15) is 5.10 Å². The highest BCUT2D eigenvalue weighted by Gasteiger charge is 2.32. The average molecular weight is 409 g/mol. The summed E-state index contributed by atoms with van der Waals surface area (Å²) in [6.07, 6.45) is 2.43. The molecule has 8 heteroatoms. The topological polar surface area (TPSA) is 60.1 Å². The Hall–Kier alpha value is -1.51. The minimum Gasteiger partial charge on any atom is -0.280 e. The molecule has 0 N–H and O–H groups in total. The maximum atomic E-state index is 11.9. The molecule has 1 fully saturated rings. The van der Waals surface area contributed by atoms with E-state index in [1.807, 2.05) is 4.57 Å². The van der Waals surface area contributed by atoms with Crippen molar-refractivity contribution in [3.63, 3.8) is 0 Å². The van der Waals surface area contributed by atoms with E-state index in [-0.39, 0.29) is 17.5 Å². The van der Waals surface area contributed by atoms with Crippen molar-refractivity contribution in [1.29, 1.82) is 0 Å². The first-order valence-electron chi connectivity index (χ1n) is 9.33. The normalized spacial score (nSPS) is 19.3. The maximum absolute atomic E-state index is 11.9. The molecule has 3 rings (SSSR count). The van der Waals surface area contributed by atoms with Crippen molar-refractivity contribution in [2.45, 2.75) is 46.8 Å². The van der Waals surface area contributed by atoms with Gasteiger partial charge in [-0.15, -0.1) is 0 Å². The molecule has 1 aromatic carbocycles. The van der Waals surface area contributed by atoms with E-state index in [0.717, 1.165) is 17.8 Å². The van der Waals surface area contributed by atoms with Crippen LogP contribution in [0.15, 0.2) is 24.5 Å². The van der Waals surface area contributed by atoms with Gasteiger partial charge >= 0.3 is 0 Å². The van der Waals surface area contributed by atoms with Crippen molar-refractivity contribution in [1.82, 2.24) is 19.2 Å². The number of sulfone groups is 1. The highest BCUT2D eigenvalue weighted by atomic mass is 32.2. The van der Waals surface area contributed by atoms with Crippen LogP contribution < -0.4 is 0 Å². The summed E-state index contributed by atoms with van der Waals surface area (Å²) in [5.74, 6) is 0.934. The van der Waals surface area contributed by atoms with Crippen molar-refractivity contribution in [2.75, 3.05) is 18.1 Å². The molecule has 1 aromatic heterocycles. The van der Waals surface area contributed by atoms with Crippen LogP contribution in [0.3, 0.4) is 0 Å². The first kappa shape index (κ1) is 20.2. The van der Waals surface area contributed by atoms with E-state index in [1.165, 1.54) is 5.56 Å². The van der Waals surface area contributed by atoms with Crippen molar-refractivity contribution in [3.05, 3.63) is 40.4 Å². The molecule has 1 atom stereocenters. The Bertz CT molecular complexity index is 976. The summed E-state index contributed by atoms with van der Waals surface area (Å²) in [4.78, 5) is 2.21. The predicted octanol–water partition coefficient (Wildman–Crippen LogP) is 3.12. The molecule has 0 aliphatic carbocycles. The van der Waals surface area contributed by atoms with Gasteiger partial charge in [-0.05, 0) is 50.0 Å². The van der Waals surface area contributed by atoms with Gasteiger partial charge in [-0.3, -0.25) is 9.47 Å². The Morgan fingerprint density at radius 3 is 2.67 bits per heavy atom. The lowest BCUT2D eigenvalue weighted by Gasteiger charge is -2.29. The highest BCUT2D eigenvalue weighted by molar-refractivity contribution is 7.91. The Morgan fingerprint density at radius 2 is 2.07 bits per heavy atom. The molecular weight excluding hydrogens is 380 g/mol. The first-order valence-corrected chi connectivity index (χ1v) is 11.6. The number of hydrogen-bond donors (Lipinski definition) is 0. The van der Waals surface area contributed by atoms with Crippen LogP contribution in [-0.2, 0) is 16.5 Å². The van der Waals surface area contributed by atoms with Crippen molar-refractivity contribution < 1.29 is 8.42 Å². The van der Waals surface area contributed by atoms with Gasteiger partial charge in [0, 0.05) is 12.6 Å². The summed E-state index contributed by atoms with van der Waals surface area (Å²) in [6.45, 7) is 9.75. The number of benzene rings is 1. The third kappa shape index (κ3) is 4.67. The average Bonchev–Trinajstić information content (AvgIpc) is 3.10. The minimum atomic E-state index is -2.93. The summed E-state index contributed by atoms with van der Waals surface area (Å²) in [7, 11) is -2.93. The summed E-state index contributed by atoms with van der Waals surface area (Å²) in [5.41, 5.74) is 3.38. The van der Waals surface area contributed by atoms with E-state index in [9.17, 15) is 8.42 Å². The van der Waals surface area contributed by atoms with E-state index in [1.54, 1.807) is 11.0 Å². The molecule has 148 valence electrons. The zero-order valence-corrected chi connectivity index (χ0v) is 18.1. The molecule has 2 heterocycles. The van der Waals surface area contributed by atoms with E-state index in [2.05, 4.69) is 55.9 Å². The Morgan fingerprint density at radius 1 is 1.33 bits per heavy atom. The number of hydrogen-bond acceptors (Lipinski definition) is 5. The van der Waals surface area contributed by atoms with Gasteiger partial charge in [0.05, 0.1) is 23.9 Å². The fourth-order valence-electron chi connectivity index (χ4n) is 3.70. The quantitative estimate of drug-likeness (QED) is 0.688. The fraction of sp³-hybridized carbons (Fsp3) is 0.579. The lowest BCUT2D eigenvalue weighted by molar-refractivity contribution is 0.137. The smallest absolute Gasteiger partial charge is 0.203 e. The number of nitrogens with zero attached hydrogens (tertiary/aromatic N) is 4. The van der Waals surface area contributed by atoms with Gasteiger partial charge in [-0.1, -0.05) is 31.5 Å². The predicted molar refractivity (Wildman–Crippen MR) is 110 cm³/mol. The zero-order valence-electron chi connectivity index (χ0n) is 16.4. The van der Waals surface area contributed by atoms with Crippen LogP contribution in [0.1, 0.15) is 31.4 Å². The molecule has 1 aliphatic heterocycles. The highest BCUT2D eigenvalue weighted by Crippen LogP contribution is 2.21. The summed E-state index contributed by atoms with van der Waals surface area (Å²) < 4.78 is 28.2. The number of aryl methyl sites for hydroxylation is 2. The Kier molecular flexibility index (Phi) is 5.88. The molecule has 0 spiro atoms. The molecule has 1 aliphatic rings. The monoisotopic (exact) mass is 408 g/mol. The minimum absolute atomic E-state index is 0.0329. The molecule has 0 amide bonds. The van der Waals surface area contributed by atoms with Gasteiger partial charge in [0.15, 0.2) is 9.84 Å². The zero-order chi connectivity index (χ0) is 19.8. The van der Waals surface area contributed by atoms with E-state index >= 15 is 0 Å². The molecular formula is C19H28N4O2S2. The van der Waals surface area contributed by atoms with Crippen LogP contribution in [-0.4, -0.2) is 51.8 Å². The van der Waals surface area contributed by atoms with Crippen molar-refractivity contribution >= 4 is 22.1 Å². The van der Waals surface area contributed by atoms with Gasteiger partial charge in [0.1, 0.15) is 6.33 Å². The van der Waals surface area contributed by atoms with Crippen molar-refractivity contribution in [3.8, 4) is 5.69 Å². The second-order valence-electron chi connectivity index (χ2n) is 7.94. The number of aromatic nitrogens is 3. The molecule has 0 saturated carbocycles. The molecule has 1 saturated heterocycles. The largest absolute Gasteiger partial charge is 0.280 e. The molecule has 2 aromatic rings. The maximum Gasteiger partial charge on any atom is 0.203 e. The van der Waals surface area contributed by atoms with Crippen LogP contribution >= 0.6 is 12.2 Å². The van der Waals surface area contributed by atoms with Crippen LogP contribution in [0.2, 0.25) is 0 Å². The van der Waals surface area contributed by atoms with Crippen molar-refractivity contribution in [2.24, 2.45) is 5.92 Å². The second kappa shape index (κ2) is 7.85. The van der Waals surface area contributed by atoms with E-state index < -0.39 is 9.84 Å².